The Bertz CT molecular complexity index is 945. The van der Waals surface area contributed by atoms with Crippen molar-refractivity contribution in [2.45, 2.75) is 25.7 Å². The Labute approximate surface area is 162 Å². The molecule has 0 atom stereocenters. The number of ether oxygens (including phenoxy) is 2. The predicted octanol–water partition coefficient (Wildman–Crippen LogP) is 2.96. The Morgan fingerprint density at radius 3 is 2.33 bits per heavy atom. The van der Waals surface area contributed by atoms with E-state index in [1.807, 2.05) is 6.92 Å². The number of rotatable bonds is 7. The molecule has 0 spiro atoms. The van der Waals surface area contributed by atoms with Crippen LogP contribution in [-0.4, -0.2) is 39.8 Å². The van der Waals surface area contributed by atoms with E-state index in [9.17, 15) is 18.0 Å². The van der Waals surface area contributed by atoms with Gasteiger partial charge in [0, 0.05) is 4.88 Å². The van der Waals surface area contributed by atoms with Crippen LogP contribution in [0.2, 0.25) is 0 Å². The van der Waals surface area contributed by atoms with Gasteiger partial charge in [0.15, 0.2) is 9.84 Å². The molecular weight excluding hydrogens is 390 g/mol. The molecule has 0 radical (unpaired) electrons. The minimum atomic E-state index is -3.83. The molecule has 1 aromatic heterocycles. The molecule has 2 aromatic rings. The van der Waals surface area contributed by atoms with Crippen LogP contribution in [0, 0.1) is 13.8 Å². The van der Waals surface area contributed by atoms with Gasteiger partial charge < -0.3 is 14.8 Å². The Kier molecular flexibility index (Phi) is 6.61. The zero-order chi connectivity index (χ0) is 20.2. The maximum absolute atomic E-state index is 12.4. The monoisotopic (exact) mass is 411 g/mol. The first-order valence-electron chi connectivity index (χ1n) is 8.13. The first-order chi connectivity index (χ1) is 12.7. The van der Waals surface area contributed by atoms with Crippen LogP contribution in [0.25, 0.3) is 0 Å². The van der Waals surface area contributed by atoms with Gasteiger partial charge in [-0.15, -0.1) is 11.3 Å². The standard InChI is InChI=1S/C18H21NO6S2/c1-5-25-18(21)16-11(2)12(3)26-17(16)19-15(20)10-27(22,23)14-8-6-13(24-4)7-9-14/h6-9H,5,10H2,1-4H3,(H,19,20). The number of sulfone groups is 1. The van der Waals surface area contributed by atoms with E-state index in [2.05, 4.69) is 5.32 Å². The summed E-state index contributed by atoms with van der Waals surface area (Å²) in [6.07, 6.45) is 0. The minimum Gasteiger partial charge on any atom is -0.497 e. The number of anilines is 1. The average molecular weight is 412 g/mol. The number of carbonyl (C=O) groups is 2. The minimum absolute atomic E-state index is 0.0163. The number of methoxy groups -OCH3 is 1. The quantitative estimate of drug-likeness (QED) is 0.704. The number of benzene rings is 1. The summed E-state index contributed by atoms with van der Waals surface area (Å²) in [7, 11) is -2.36. The molecule has 1 N–H and O–H groups in total. The molecule has 0 saturated heterocycles. The highest BCUT2D eigenvalue weighted by atomic mass is 32.2. The second-order valence-corrected chi connectivity index (χ2v) is 8.90. The van der Waals surface area contributed by atoms with E-state index in [1.54, 1.807) is 13.8 Å². The molecule has 0 bridgehead atoms. The molecular formula is C18H21NO6S2. The summed E-state index contributed by atoms with van der Waals surface area (Å²) in [5, 5.41) is 2.82. The van der Waals surface area contributed by atoms with Crippen molar-refractivity contribution in [2.24, 2.45) is 0 Å². The molecule has 0 unspecified atom stereocenters. The van der Waals surface area contributed by atoms with Crippen LogP contribution in [0.4, 0.5) is 5.00 Å². The maximum Gasteiger partial charge on any atom is 0.341 e. The first kappa shape index (κ1) is 20.9. The summed E-state index contributed by atoms with van der Waals surface area (Å²) < 4.78 is 34.9. The van der Waals surface area contributed by atoms with Crippen molar-refractivity contribution in [3.05, 3.63) is 40.3 Å². The van der Waals surface area contributed by atoms with Crippen LogP contribution < -0.4 is 10.1 Å². The fraction of sp³-hybridized carbons (Fsp3) is 0.333. The number of aryl methyl sites for hydroxylation is 1. The van der Waals surface area contributed by atoms with Crippen molar-refractivity contribution in [1.29, 1.82) is 0 Å². The number of carbonyl (C=O) groups excluding carboxylic acids is 2. The van der Waals surface area contributed by atoms with Crippen molar-refractivity contribution in [3.8, 4) is 5.75 Å². The Hall–Kier alpha value is -2.39. The number of thiophene rings is 1. The average Bonchev–Trinajstić information content (AvgIpc) is 2.88. The number of esters is 1. The lowest BCUT2D eigenvalue weighted by Gasteiger charge is -2.08. The molecule has 2 rings (SSSR count). The number of nitrogens with one attached hydrogen (secondary N) is 1. The Balaban J connectivity index is 2.20. The summed E-state index contributed by atoms with van der Waals surface area (Å²) in [6.45, 7) is 5.45. The lowest BCUT2D eigenvalue weighted by molar-refractivity contribution is -0.113. The van der Waals surface area contributed by atoms with Crippen LogP contribution in [0.15, 0.2) is 29.2 Å². The van der Waals surface area contributed by atoms with Crippen LogP contribution in [-0.2, 0) is 19.4 Å². The largest absolute Gasteiger partial charge is 0.497 e. The Morgan fingerprint density at radius 2 is 1.78 bits per heavy atom. The first-order valence-corrected chi connectivity index (χ1v) is 10.6. The van der Waals surface area contributed by atoms with Gasteiger partial charge in [0.25, 0.3) is 0 Å². The molecule has 1 heterocycles. The summed E-state index contributed by atoms with van der Waals surface area (Å²) in [4.78, 5) is 25.3. The summed E-state index contributed by atoms with van der Waals surface area (Å²) in [6, 6.07) is 5.78. The summed E-state index contributed by atoms with van der Waals surface area (Å²) >= 11 is 1.21. The topological polar surface area (TPSA) is 98.8 Å². The fourth-order valence-electron chi connectivity index (χ4n) is 2.37. The second-order valence-electron chi connectivity index (χ2n) is 5.69. The number of amides is 1. The van der Waals surface area contributed by atoms with E-state index in [4.69, 9.17) is 9.47 Å². The van der Waals surface area contributed by atoms with Crippen molar-refractivity contribution < 1.29 is 27.5 Å². The van der Waals surface area contributed by atoms with Crippen LogP contribution in [0.5, 0.6) is 5.75 Å². The summed E-state index contributed by atoms with van der Waals surface area (Å²) in [5.41, 5.74) is 0.960. The lowest BCUT2D eigenvalue weighted by Crippen LogP contribution is -2.23. The molecule has 0 aliphatic heterocycles. The van der Waals surface area contributed by atoms with Crippen LogP contribution >= 0.6 is 11.3 Å². The third kappa shape index (κ3) is 4.86. The highest BCUT2D eigenvalue weighted by Crippen LogP contribution is 2.33. The smallest absolute Gasteiger partial charge is 0.341 e. The molecule has 0 aliphatic rings. The second kappa shape index (κ2) is 8.53. The van der Waals surface area contributed by atoms with Gasteiger partial charge in [-0.1, -0.05) is 0 Å². The number of hydrogen-bond donors (Lipinski definition) is 1. The zero-order valence-corrected chi connectivity index (χ0v) is 17.1. The van der Waals surface area contributed by atoms with E-state index < -0.39 is 27.5 Å². The third-order valence-electron chi connectivity index (χ3n) is 3.86. The molecule has 0 aliphatic carbocycles. The predicted molar refractivity (Wildman–Crippen MR) is 103 cm³/mol. The molecule has 1 aromatic carbocycles. The molecule has 7 nitrogen and oxygen atoms in total. The van der Waals surface area contributed by atoms with Gasteiger partial charge in [-0.3, -0.25) is 4.79 Å². The van der Waals surface area contributed by atoms with Gasteiger partial charge in [-0.05, 0) is 50.6 Å². The van der Waals surface area contributed by atoms with Crippen molar-refractivity contribution >= 4 is 38.1 Å². The highest BCUT2D eigenvalue weighted by Gasteiger charge is 2.25. The third-order valence-corrected chi connectivity index (χ3v) is 6.61. The molecule has 0 saturated carbocycles. The Morgan fingerprint density at radius 1 is 1.15 bits per heavy atom. The molecule has 146 valence electrons. The molecule has 1 amide bonds. The van der Waals surface area contributed by atoms with E-state index in [1.165, 1.54) is 42.7 Å². The number of hydrogen-bond acceptors (Lipinski definition) is 7. The van der Waals surface area contributed by atoms with Gasteiger partial charge in [-0.2, -0.15) is 0 Å². The van der Waals surface area contributed by atoms with Gasteiger partial charge in [0.2, 0.25) is 5.91 Å². The van der Waals surface area contributed by atoms with Crippen molar-refractivity contribution in [3.63, 3.8) is 0 Å². The SMILES string of the molecule is CCOC(=O)c1c(NC(=O)CS(=O)(=O)c2ccc(OC)cc2)sc(C)c1C. The van der Waals surface area contributed by atoms with Gasteiger partial charge >= 0.3 is 5.97 Å². The molecule has 27 heavy (non-hydrogen) atoms. The van der Waals surface area contributed by atoms with Gasteiger partial charge in [0.05, 0.1) is 24.2 Å². The van der Waals surface area contributed by atoms with E-state index in [0.717, 1.165) is 4.88 Å². The lowest BCUT2D eigenvalue weighted by atomic mass is 10.1. The van der Waals surface area contributed by atoms with Gasteiger partial charge in [-0.25, -0.2) is 13.2 Å². The fourth-order valence-corrected chi connectivity index (χ4v) is 4.57. The van der Waals surface area contributed by atoms with Crippen LogP contribution in [0.3, 0.4) is 0 Å². The molecule has 0 fully saturated rings. The normalized spacial score (nSPS) is 11.1. The van der Waals surface area contributed by atoms with E-state index in [0.29, 0.717) is 16.3 Å². The van der Waals surface area contributed by atoms with Gasteiger partial charge in [0.1, 0.15) is 16.5 Å². The highest BCUT2D eigenvalue weighted by molar-refractivity contribution is 7.92. The van der Waals surface area contributed by atoms with E-state index >= 15 is 0 Å². The van der Waals surface area contributed by atoms with Crippen molar-refractivity contribution in [1.82, 2.24) is 0 Å². The molecule has 9 heteroatoms. The van der Waals surface area contributed by atoms with Crippen LogP contribution in [0.1, 0.15) is 27.7 Å². The zero-order valence-electron chi connectivity index (χ0n) is 15.5. The van der Waals surface area contributed by atoms with Crippen molar-refractivity contribution in [2.75, 3.05) is 24.8 Å². The summed E-state index contributed by atoms with van der Waals surface area (Å²) in [5.74, 6) is -1.50. The van der Waals surface area contributed by atoms with E-state index in [-0.39, 0.29) is 17.1 Å². The maximum atomic E-state index is 12.4.